The van der Waals surface area contributed by atoms with Crippen molar-refractivity contribution in [3.05, 3.63) is 33.3 Å². The van der Waals surface area contributed by atoms with Crippen molar-refractivity contribution in [1.29, 1.82) is 0 Å². The van der Waals surface area contributed by atoms with Gasteiger partial charge in [0.15, 0.2) is 0 Å². The lowest BCUT2D eigenvalue weighted by Crippen LogP contribution is -2.03. The van der Waals surface area contributed by atoms with Crippen molar-refractivity contribution in [3.8, 4) is 0 Å². The summed E-state index contributed by atoms with van der Waals surface area (Å²) < 4.78 is 4.56. The number of esters is 1. The van der Waals surface area contributed by atoms with E-state index in [0.29, 0.717) is 10.0 Å². The molecule has 14 heavy (non-hydrogen) atoms. The SMILES string of the molecule is CCc1cc(Cl)c(C(=O)OC)c(Cl)c1. The molecule has 0 N–H and O–H groups in total. The van der Waals surface area contributed by atoms with Crippen LogP contribution in [0.4, 0.5) is 0 Å². The minimum Gasteiger partial charge on any atom is -0.465 e. The zero-order valence-electron chi connectivity index (χ0n) is 7.93. The monoisotopic (exact) mass is 232 g/mol. The average Bonchev–Trinajstić information content (AvgIpc) is 2.16. The Bertz CT molecular complexity index is 338. The van der Waals surface area contributed by atoms with Gasteiger partial charge in [-0.15, -0.1) is 0 Å². The first-order valence-electron chi connectivity index (χ1n) is 4.16. The van der Waals surface area contributed by atoms with Crippen molar-refractivity contribution < 1.29 is 9.53 Å². The maximum absolute atomic E-state index is 11.3. The molecule has 76 valence electrons. The number of halogens is 2. The highest BCUT2D eigenvalue weighted by Crippen LogP contribution is 2.27. The third-order valence-corrected chi connectivity index (χ3v) is 2.50. The van der Waals surface area contributed by atoms with E-state index < -0.39 is 5.97 Å². The first kappa shape index (κ1) is 11.3. The maximum Gasteiger partial charge on any atom is 0.340 e. The fourth-order valence-electron chi connectivity index (χ4n) is 1.13. The number of benzene rings is 1. The summed E-state index contributed by atoms with van der Waals surface area (Å²) in [6.45, 7) is 1.99. The summed E-state index contributed by atoms with van der Waals surface area (Å²) in [5.74, 6) is -0.511. The van der Waals surface area contributed by atoms with Gasteiger partial charge in [0.05, 0.1) is 22.7 Å². The molecule has 0 spiro atoms. The Labute approximate surface area is 92.8 Å². The predicted octanol–water partition coefficient (Wildman–Crippen LogP) is 3.34. The van der Waals surface area contributed by atoms with Gasteiger partial charge in [-0.3, -0.25) is 0 Å². The normalized spacial score (nSPS) is 10.0. The number of aryl methyl sites for hydroxylation is 1. The fourth-order valence-corrected chi connectivity index (χ4v) is 1.81. The van der Waals surface area contributed by atoms with Gasteiger partial charge >= 0.3 is 5.97 Å². The Morgan fingerprint density at radius 2 is 1.86 bits per heavy atom. The molecule has 1 aromatic carbocycles. The molecule has 0 aliphatic carbocycles. The highest BCUT2D eigenvalue weighted by molar-refractivity contribution is 6.39. The quantitative estimate of drug-likeness (QED) is 0.732. The second-order valence-electron chi connectivity index (χ2n) is 2.78. The third kappa shape index (κ3) is 2.20. The molecule has 0 atom stereocenters. The number of rotatable bonds is 2. The van der Waals surface area contributed by atoms with E-state index in [1.807, 2.05) is 6.92 Å². The Balaban J connectivity index is 3.25. The number of carbonyl (C=O) groups is 1. The Kier molecular flexibility index (Phi) is 3.78. The summed E-state index contributed by atoms with van der Waals surface area (Å²) in [7, 11) is 1.29. The first-order valence-corrected chi connectivity index (χ1v) is 4.92. The lowest BCUT2D eigenvalue weighted by Gasteiger charge is -2.06. The lowest BCUT2D eigenvalue weighted by atomic mass is 10.1. The van der Waals surface area contributed by atoms with Crippen LogP contribution in [0.2, 0.25) is 10.0 Å². The summed E-state index contributed by atoms with van der Waals surface area (Å²) in [4.78, 5) is 11.3. The van der Waals surface area contributed by atoms with Gasteiger partial charge in [-0.05, 0) is 24.1 Å². The molecule has 0 amide bonds. The van der Waals surface area contributed by atoms with E-state index >= 15 is 0 Å². The van der Waals surface area contributed by atoms with E-state index in [2.05, 4.69) is 4.74 Å². The second kappa shape index (κ2) is 4.67. The van der Waals surface area contributed by atoms with E-state index in [-0.39, 0.29) is 5.56 Å². The van der Waals surface area contributed by atoms with Crippen LogP contribution in [0.1, 0.15) is 22.8 Å². The molecule has 0 heterocycles. The van der Waals surface area contributed by atoms with E-state index in [1.54, 1.807) is 12.1 Å². The van der Waals surface area contributed by atoms with Gasteiger partial charge in [-0.25, -0.2) is 4.79 Å². The molecule has 0 aromatic heterocycles. The van der Waals surface area contributed by atoms with Gasteiger partial charge in [0.25, 0.3) is 0 Å². The molecule has 2 nitrogen and oxygen atoms in total. The summed E-state index contributed by atoms with van der Waals surface area (Å²) in [5, 5.41) is 0.669. The van der Waals surface area contributed by atoms with Crippen LogP contribution in [0.25, 0.3) is 0 Å². The molecule has 0 fully saturated rings. The second-order valence-corrected chi connectivity index (χ2v) is 3.59. The van der Waals surface area contributed by atoms with Gasteiger partial charge in [0.2, 0.25) is 0 Å². The van der Waals surface area contributed by atoms with Crippen molar-refractivity contribution in [2.45, 2.75) is 13.3 Å². The molecule has 0 saturated heterocycles. The molecule has 0 radical (unpaired) electrons. The summed E-state index contributed by atoms with van der Waals surface area (Å²) in [6, 6.07) is 3.44. The van der Waals surface area contributed by atoms with Crippen LogP contribution in [-0.2, 0) is 11.2 Å². The molecular weight excluding hydrogens is 223 g/mol. The van der Waals surface area contributed by atoms with Crippen LogP contribution in [0.5, 0.6) is 0 Å². The van der Waals surface area contributed by atoms with Gasteiger partial charge < -0.3 is 4.74 Å². The van der Waals surface area contributed by atoms with Crippen molar-refractivity contribution >= 4 is 29.2 Å². The van der Waals surface area contributed by atoms with E-state index in [9.17, 15) is 4.79 Å². The van der Waals surface area contributed by atoms with Crippen molar-refractivity contribution in [1.82, 2.24) is 0 Å². The van der Waals surface area contributed by atoms with Crippen LogP contribution in [0.3, 0.4) is 0 Å². The van der Waals surface area contributed by atoms with Crippen molar-refractivity contribution in [2.75, 3.05) is 7.11 Å². The van der Waals surface area contributed by atoms with Gasteiger partial charge in [-0.1, -0.05) is 30.1 Å². The Hall–Kier alpha value is -0.730. The lowest BCUT2D eigenvalue weighted by molar-refractivity contribution is 0.0601. The Morgan fingerprint density at radius 1 is 1.36 bits per heavy atom. The van der Waals surface area contributed by atoms with E-state index in [1.165, 1.54) is 7.11 Å². The van der Waals surface area contributed by atoms with Crippen LogP contribution in [0.15, 0.2) is 12.1 Å². The molecule has 0 aliphatic rings. The minimum atomic E-state index is -0.511. The molecule has 0 saturated carbocycles. The maximum atomic E-state index is 11.3. The average molecular weight is 233 g/mol. The standard InChI is InChI=1S/C10H10Cl2O2/c1-3-6-4-7(11)9(8(12)5-6)10(13)14-2/h4-5H,3H2,1-2H3. The number of hydrogen-bond donors (Lipinski definition) is 0. The summed E-state index contributed by atoms with van der Waals surface area (Å²) in [5.41, 5.74) is 1.22. The van der Waals surface area contributed by atoms with Crippen molar-refractivity contribution in [3.63, 3.8) is 0 Å². The minimum absolute atomic E-state index is 0.230. The highest BCUT2D eigenvalue weighted by Gasteiger charge is 2.15. The number of hydrogen-bond acceptors (Lipinski definition) is 2. The van der Waals surface area contributed by atoms with Crippen LogP contribution >= 0.6 is 23.2 Å². The van der Waals surface area contributed by atoms with Crippen LogP contribution < -0.4 is 0 Å². The predicted molar refractivity (Wildman–Crippen MR) is 57.2 cm³/mol. The van der Waals surface area contributed by atoms with Gasteiger partial charge in [-0.2, -0.15) is 0 Å². The van der Waals surface area contributed by atoms with Crippen LogP contribution in [0, 0.1) is 0 Å². The summed E-state index contributed by atoms with van der Waals surface area (Å²) in [6.07, 6.45) is 0.820. The zero-order valence-corrected chi connectivity index (χ0v) is 9.45. The largest absolute Gasteiger partial charge is 0.465 e. The molecule has 0 bridgehead atoms. The third-order valence-electron chi connectivity index (χ3n) is 1.90. The molecule has 1 aromatic rings. The number of methoxy groups -OCH3 is 1. The summed E-state index contributed by atoms with van der Waals surface area (Å²) >= 11 is 11.8. The highest BCUT2D eigenvalue weighted by atomic mass is 35.5. The Morgan fingerprint density at radius 3 is 2.21 bits per heavy atom. The zero-order chi connectivity index (χ0) is 10.7. The molecular formula is C10H10Cl2O2. The van der Waals surface area contributed by atoms with Gasteiger partial charge in [0.1, 0.15) is 0 Å². The molecule has 0 unspecified atom stereocenters. The van der Waals surface area contributed by atoms with E-state index in [4.69, 9.17) is 23.2 Å². The van der Waals surface area contributed by atoms with E-state index in [0.717, 1.165) is 12.0 Å². The number of ether oxygens (including phenoxy) is 1. The smallest absolute Gasteiger partial charge is 0.340 e. The van der Waals surface area contributed by atoms with Crippen molar-refractivity contribution in [2.24, 2.45) is 0 Å². The topological polar surface area (TPSA) is 26.3 Å². The number of carbonyl (C=O) groups excluding carboxylic acids is 1. The fraction of sp³-hybridized carbons (Fsp3) is 0.300. The molecule has 4 heteroatoms. The molecule has 0 aliphatic heterocycles. The first-order chi connectivity index (χ1) is 6.60. The van der Waals surface area contributed by atoms with Gasteiger partial charge in [0, 0.05) is 0 Å². The van der Waals surface area contributed by atoms with Crippen LogP contribution in [-0.4, -0.2) is 13.1 Å². The molecule has 1 rings (SSSR count).